The molecular formula is C16H12N8S. The second-order valence-corrected chi connectivity index (χ2v) is 6.15. The maximum absolute atomic E-state index is 9.32. The monoisotopic (exact) mass is 348 g/mol. The summed E-state index contributed by atoms with van der Waals surface area (Å²) in [5, 5.41) is 23.7. The largest absolute Gasteiger partial charge is 0.382 e. The van der Waals surface area contributed by atoms with Crippen LogP contribution in [0.3, 0.4) is 0 Å². The molecule has 0 saturated carbocycles. The summed E-state index contributed by atoms with van der Waals surface area (Å²) in [6.45, 7) is 1.97. The van der Waals surface area contributed by atoms with Crippen molar-refractivity contribution in [1.29, 1.82) is 5.26 Å². The van der Waals surface area contributed by atoms with Gasteiger partial charge in [0.25, 0.3) is 0 Å². The summed E-state index contributed by atoms with van der Waals surface area (Å²) in [7, 11) is 0. The van der Waals surface area contributed by atoms with E-state index in [1.54, 1.807) is 0 Å². The third-order valence-electron chi connectivity index (χ3n) is 3.94. The van der Waals surface area contributed by atoms with Gasteiger partial charge in [-0.25, -0.2) is 9.97 Å². The summed E-state index contributed by atoms with van der Waals surface area (Å²) in [5.74, 6) is 0.619. The first-order valence-corrected chi connectivity index (χ1v) is 8.58. The number of fused-ring (bicyclic) bond motifs is 3. The van der Waals surface area contributed by atoms with Gasteiger partial charge < -0.3 is 5.73 Å². The van der Waals surface area contributed by atoms with Gasteiger partial charge in [0.15, 0.2) is 11.3 Å². The number of anilines is 1. The van der Waals surface area contributed by atoms with Crippen molar-refractivity contribution >= 4 is 39.5 Å². The molecule has 0 aliphatic rings. The Hall–Kier alpha value is -3.25. The number of hydrogen-bond donors (Lipinski definition) is 1. The van der Waals surface area contributed by atoms with Gasteiger partial charge in [0.05, 0.1) is 5.52 Å². The van der Waals surface area contributed by atoms with Crippen LogP contribution in [-0.4, -0.2) is 36.2 Å². The molecule has 0 fully saturated rings. The lowest BCUT2D eigenvalue weighted by atomic mass is 10.1. The fourth-order valence-electron chi connectivity index (χ4n) is 2.72. The van der Waals surface area contributed by atoms with E-state index in [2.05, 4.69) is 31.3 Å². The normalized spacial score (nSPS) is 11.1. The number of rotatable bonds is 2. The van der Waals surface area contributed by atoms with Crippen molar-refractivity contribution in [3.05, 3.63) is 35.7 Å². The molecular weight excluding hydrogens is 336 g/mol. The van der Waals surface area contributed by atoms with Crippen LogP contribution in [0.15, 0.2) is 29.6 Å². The molecule has 4 rings (SSSR count). The molecule has 0 unspecified atom stereocenters. The van der Waals surface area contributed by atoms with Crippen molar-refractivity contribution < 1.29 is 0 Å². The topological polar surface area (TPSA) is 119 Å². The van der Waals surface area contributed by atoms with Crippen molar-refractivity contribution in [2.24, 2.45) is 0 Å². The van der Waals surface area contributed by atoms with Crippen LogP contribution < -0.4 is 5.73 Å². The molecule has 0 radical (unpaired) electrons. The van der Waals surface area contributed by atoms with Gasteiger partial charge >= 0.3 is 0 Å². The van der Waals surface area contributed by atoms with Crippen molar-refractivity contribution in [3.63, 3.8) is 0 Å². The molecule has 2 N–H and O–H groups in total. The number of aryl methyl sites for hydroxylation is 1. The number of nitrogen functional groups attached to an aromatic ring is 1. The summed E-state index contributed by atoms with van der Waals surface area (Å²) in [4.78, 5) is 8.65. The predicted molar refractivity (Wildman–Crippen MR) is 95.4 cm³/mol. The number of nitrogens with two attached hydrogens (primary N) is 1. The lowest BCUT2D eigenvalue weighted by Crippen LogP contribution is -2.07. The standard InChI is InChI=1S/C16H12N8S/c1-8-4-3-5-9-11(8)21-22-13-12(9)19-7-20-15(13)24-14(18)10(6-17)16(23-24)25-2/h3-5,7H,18H2,1-2H3. The van der Waals surface area contributed by atoms with Gasteiger partial charge in [-0.1, -0.05) is 18.2 Å². The summed E-state index contributed by atoms with van der Waals surface area (Å²) < 4.78 is 1.42. The van der Waals surface area contributed by atoms with Crippen LogP contribution >= 0.6 is 11.8 Å². The molecule has 0 saturated heterocycles. The van der Waals surface area contributed by atoms with Gasteiger partial charge in [-0.2, -0.15) is 15.0 Å². The Bertz CT molecular complexity index is 1170. The SMILES string of the molecule is CSc1nn(-c2ncnc3c2nnc2c(C)cccc23)c(N)c1C#N. The lowest BCUT2D eigenvalue weighted by Gasteiger charge is -2.07. The van der Waals surface area contributed by atoms with E-state index < -0.39 is 0 Å². The van der Waals surface area contributed by atoms with Crippen LogP contribution in [0.25, 0.3) is 27.8 Å². The number of thioether (sulfide) groups is 1. The highest BCUT2D eigenvalue weighted by Crippen LogP contribution is 2.29. The van der Waals surface area contributed by atoms with Crippen LogP contribution in [0, 0.1) is 18.3 Å². The molecule has 0 aliphatic carbocycles. The minimum Gasteiger partial charge on any atom is -0.382 e. The fraction of sp³-hybridized carbons (Fsp3) is 0.125. The minimum atomic E-state index is 0.220. The van der Waals surface area contributed by atoms with Gasteiger partial charge in [0.2, 0.25) is 0 Å². The van der Waals surface area contributed by atoms with Crippen molar-refractivity contribution in [2.45, 2.75) is 11.9 Å². The minimum absolute atomic E-state index is 0.220. The maximum Gasteiger partial charge on any atom is 0.187 e. The zero-order chi connectivity index (χ0) is 17.6. The molecule has 3 heterocycles. The van der Waals surface area contributed by atoms with Gasteiger partial charge in [-0.15, -0.1) is 22.0 Å². The molecule has 9 heteroatoms. The zero-order valence-corrected chi connectivity index (χ0v) is 14.2. The third kappa shape index (κ3) is 2.19. The Morgan fingerprint density at radius 2 is 1.96 bits per heavy atom. The van der Waals surface area contributed by atoms with Gasteiger partial charge in [-0.05, 0) is 18.7 Å². The zero-order valence-electron chi connectivity index (χ0n) is 13.4. The molecule has 0 spiro atoms. The maximum atomic E-state index is 9.32. The van der Waals surface area contributed by atoms with E-state index >= 15 is 0 Å². The molecule has 1 aromatic carbocycles. The van der Waals surface area contributed by atoms with Crippen LogP contribution in [0.2, 0.25) is 0 Å². The Morgan fingerprint density at radius 3 is 2.68 bits per heavy atom. The van der Waals surface area contributed by atoms with Crippen LogP contribution in [0.5, 0.6) is 0 Å². The van der Waals surface area contributed by atoms with Gasteiger partial charge in [-0.3, -0.25) is 0 Å². The van der Waals surface area contributed by atoms with E-state index in [1.807, 2.05) is 31.4 Å². The van der Waals surface area contributed by atoms with Crippen molar-refractivity contribution in [3.8, 4) is 11.9 Å². The average molecular weight is 348 g/mol. The lowest BCUT2D eigenvalue weighted by molar-refractivity contribution is 0.818. The number of nitrogens with zero attached hydrogens (tertiary/aromatic N) is 7. The van der Waals surface area contributed by atoms with Crippen LogP contribution in [-0.2, 0) is 0 Å². The summed E-state index contributed by atoms with van der Waals surface area (Å²) >= 11 is 1.35. The van der Waals surface area contributed by atoms with Crippen LogP contribution in [0.4, 0.5) is 5.82 Å². The second-order valence-electron chi connectivity index (χ2n) is 5.36. The predicted octanol–water partition coefficient (Wildman–Crippen LogP) is 2.24. The Kier molecular flexibility index (Phi) is 3.47. The Labute approximate surface area is 146 Å². The first-order chi connectivity index (χ1) is 12.2. The highest BCUT2D eigenvalue weighted by molar-refractivity contribution is 7.98. The molecule has 0 bridgehead atoms. The van der Waals surface area contributed by atoms with Crippen molar-refractivity contribution in [2.75, 3.05) is 12.0 Å². The van der Waals surface area contributed by atoms with E-state index in [-0.39, 0.29) is 5.82 Å². The second kappa shape index (κ2) is 5.68. The number of nitriles is 1. The Balaban J connectivity index is 2.08. The van der Waals surface area contributed by atoms with E-state index in [0.29, 0.717) is 27.4 Å². The fourth-order valence-corrected chi connectivity index (χ4v) is 3.23. The molecule has 4 aromatic rings. The molecule has 3 aromatic heterocycles. The molecule has 8 nitrogen and oxygen atoms in total. The molecule has 0 atom stereocenters. The van der Waals surface area contributed by atoms with Crippen LogP contribution in [0.1, 0.15) is 11.1 Å². The molecule has 0 amide bonds. The number of benzene rings is 1. The third-order valence-corrected chi connectivity index (χ3v) is 4.61. The van der Waals surface area contributed by atoms with E-state index in [4.69, 9.17) is 5.73 Å². The smallest absolute Gasteiger partial charge is 0.187 e. The number of hydrogen-bond acceptors (Lipinski definition) is 8. The first kappa shape index (κ1) is 15.3. The van der Waals surface area contributed by atoms with Gasteiger partial charge in [0.1, 0.15) is 34.3 Å². The summed E-state index contributed by atoms with van der Waals surface area (Å²) in [5.41, 5.74) is 9.38. The molecule has 122 valence electrons. The van der Waals surface area contributed by atoms with E-state index in [9.17, 15) is 5.26 Å². The van der Waals surface area contributed by atoms with Crippen molar-refractivity contribution in [1.82, 2.24) is 29.9 Å². The highest BCUT2D eigenvalue weighted by Gasteiger charge is 2.20. The van der Waals surface area contributed by atoms with E-state index in [0.717, 1.165) is 16.5 Å². The Morgan fingerprint density at radius 1 is 1.16 bits per heavy atom. The summed E-state index contributed by atoms with van der Waals surface area (Å²) in [6, 6.07) is 7.94. The highest BCUT2D eigenvalue weighted by atomic mass is 32.2. The van der Waals surface area contributed by atoms with E-state index in [1.165, 1.54) is 22.8 Å². The molecule has 0 aliphatic heterocycles. The first-order valence-electron chi connectivity index (χ1n) is 7.35. The summed E-state index contributed by atoms with van der Waals surface area (Å²) in [6.07, 6.45) is 3.27. The van der Waals surface area contributed by atoms with Gasteiger partial charge in [0, 0.05) is 5.39 Å². The molecule has 25 heavy (non-hydrogen) atoms. The number of aromatic nitrogens is 6. The quantitative estimate of drug-likeness (QED) is 0.432. The average Bonchev–Trinajstić information content (AvgIpc) is 2.96.